The van der Waals surface area contributed by atoms with Crippen molar-refractivity contribution in [2.45, 2.75) is 179 Å². The normalized spacial score (nSPS) is 23.2. The molecule has 47 nitrogen and oxygen atoms in total. The van der Waals surface area contributed by atoms with Crippen LogP contribution in [-0.4, -0.2) is 149 Å². The van der Waals surface area contributed by atoms with Crippen molar-refractivity contribution in [3.05, 3.63) is 104 Å². The van der Waals surface area contributed by atoms with Crippen LogP contribution in [0.25, 0.3) is 33.5 Å². The lowest BCUT2D eigenvalue weighted by Crippen LogP contribution is -2.44. The zero-order valence-corrected chi connectivity index (χ0v) is 64.3. The lowest BCUT2D eigenvalue weighted by molar-refractivity contribution is -0.593. The van der Waals surface area contributed by atoms with Crippen molar-refractivity contribution in [2.75, 3.05) is 23.8 Å². The van der Waals surface area contributed by atoms with Gasteiger partial charge >= 0.3 is 71.4 Å². The Balaban J connectivity index is 0.000000206. The number of hydrogen-bond acceptors (Lipinski definition) is 43. The summed E-state index contributed by atoms with van der Waals surface area (Å²) in [6, 6.07) is 0. The number of ether oxygens (including phenoxy) is 7. The second-order valence-corrected chi connectivity index (χ2v) is 25.4. The van der Waals surface area contributed by atoms with Gasteiger partial charge in [0.05, 0.1) is 37.1 Å². The molecule has 3 saturated heterocycles. The van der Waals surface area contributed by atoms with Gasteiger partial charge in [0.1, 0.15) is 37.2 Å². The first-order valence-electron chi connectivity index (χ1n) is 33.6. The van der Waals surface area contributed by atoms with Crippen molar-refractivity contribution in [3.63, 3.8) is 0 Å². The Labute approximate surface area is 662 Å². The first kappa shape index (κ1) is 92.8. The molecule has 0 amide bonds. The van der Waals surface area contributed by atoms with Gasteiger partial charge in [-0.2, -0.15) is 56.6 Å². The van der Waals surface area contributed by atoms with E-state index in [4.69, 9.17) is 113 Å². The smallest absolute Gasteiger partial charge is 0.481 e. The lowest BCUT2D eigenvalue weighted by Gasteiger charge is -2.43. The summed E-state index contributed by atoms with van der Waals surface area (Å²) in [5.41, 5.74) is 13.6. The van der Waals surface area contributed by atoms with Crippen LogP contribution in [0.1, 0.15) is 138 Å². The molecule has 9 aromatic rings. The maximum Gasteiger partial charge on any atom is 0.519 e. The number of aliphatic hydroxyl groups is 3. The van der Waals surface area contributed by atoms with Crippen molar-refractivity contribution in [1.82, 2.24) is 58.6 Å². The van der Waals surface area contributed by atoms with Gasteiger partial charge < -0.3 is 97.3 Å². The van der Waals surface area contributed by atoms with E-state index in [1.807, 2.05) is 6.92 Å². The second kappa shape index (κ2) is 41.4. The van der Waals surface area contributed by atoms with Crippen LogP contribution < -0.4 is 34.7 Å². The fourth-order valence-corrected chi connectivity index (χ4v) is 12.6. The van der Waals surface area contributed by atoms with E-state index in [0.29, 0.717) is 18.6 Å². The molecular formula is C64H72F3N15O32P2S. The Morgan fingerprint density at radius 2 is 0.940 bits per heavy atom. The lowest BCUT2D eigenvalue weighted by atomic mass is 9.61. The summed E-state index contributed by atoms with van der Waals surface area (Å²) in [6.45, 7) is 6.28. The van der Waals surface area contributed by atoms with Gasteiger partial charge in [-0.15, -0.1) is 28.6 Å². The number of terminal acetylenes is 3. The number of aliphatic carboxylic acids is 1. The van der Waals surface area contributed by atoms with Crippen LogP contribution in [-0.2, 0) is 91.4 Å². The maximum atomic E-state index is 13.7. The number of rotatable bonds is 19. The highest BCUT2D eigenvalue weighted by molar-refractivity contribution is 7.59. The van der Waals surface area contributed by atoms with E-state index in [1.165, 1.54) is 46.5 Å². The van der Waals surface area contributed by atoms with Gasteiger partial charge in [-0.25, -0.2) is 58.6 Å². The summed E-state index contributed by atoms with van der Waals surface area (Å²) in [5, 5.41) is 60.8. The van der Waals surface area contributed by atoms with E-state index in [2.05, 4.69) is 100 Å². The molecule has 2 bridgehead atoms. The number of anilines is 3. The van der Waals surface area contributed by atoms with E-state index in [9.17, 15) is 52.2 Å². The Morgan fingerprint density at radius 1 is 0.573 bits per heavy atom. The van der Waals surface area contributed by atoms with Crippen molar-refractivity contribution in [3.8, 4) is 37.0 Å². The molecule has 0 spiro atoms. The van der Waals surface area contributed by atoms with Crippen molar-refractivity contribution >= 4 is 100 Å². The van der Waals surface area contributed by atoms with E-state index in [-0.39, 0.29) is 131 Å². The third kappa shape index (κ3) is 22.0. The molecule has 3 saturated carbocycles. The summed E-state index contributed by atoms with van der Waals surface area (Å²) >= 11 is 0. The molecule has 9 aromatic heterocycles. The predicted molar refractivity (Wildman–Crippen MR) is 381 cm³/mol. The third-order valence-electron chi connectivity index (χ3n) is 18.6. The number of hydrogen-bond donors (Lipinski definition) is 9. The largest absolute Gasteiger partial charge is 0.519 e. The first-order valence-corrected chi connectivity index (χ1v) is 35.1. The number of halogens is 3. The number of aromatic nitrogens is 12. The number of carboxylic acid groups (broad SMARTS) is 1. The molecule has 53 heteroatoms. The highest BCUT2D eigenvalue weighted by Gasteiger charge is 2.53. The highest BCUT2D eigenvalue weighted by Crippen LogP contribution is 2.50. The number of carbonyl (C=O) groups excluding carboxylic acids is 2. The van der Waals surface area contributed by atoms with Crippen molar-refractivity contribution in [1.29, 1.82) is 0 Å². The topological polar surface area (TPSA) is 656 Å². The average molecular weight is 1710 g/mol. The van der Waals surface area contributed by atoms with Crippen molar-refractivity contribution in [2.24, 2.45) is 11.3 Å². The molecule has 3 aliphatic heterocycles. The number of fused-ring (bicyclic) bond motifs is 6. The van der Waals surface area contributed by atoms with Crippen LogP contribution in [0.2, 0.25) is 0 Å². The van der Waals surface area contributed by atoms with Gasteiger partial charge in [-0.1, -0.05) is 36.6 Å². The zero-order valence-electron chi connectivity index (χ0n) is 61.5. The number of nitrogen functional groups attached to an aromatic ring is 3. The van der Waals surface area contributed by atoms with Crippen LogP contribution in [0, 0.1) is 87.4 Å². The molecule has 0 radical (unpaired) electrons. The number of imidazole rings is 3. The van der Waals surface area contributed by atoms with E-state index >= 15 is 0 Å². The summed E-state index contributed by atoms with van der Waals surface area (Å²) < 4.78 is 136. The van der Waals surface area contributed by atoms with Crippen LogP contribution in [0.5, 0.6) is 0 Å². The number of aliphatic hydroxyl groups excluding tert-OH is 3. The predicted octanol–water partition coefficient (Wildman–Crippen LogP) is 6.19. The number of carboxylic acids is 1. The van der Waals surface area contributed by atoms with Gasteiger partial charge in [0.15, 0.2) is 116 Å². The second-order valence-electron chi connectivity index (χ2n) is 24.8. The minimum atomic E-state index is -1.73. The fraction of sp³-hybridized carbons (Fsp3) is 0.484. The SMILES string of the molecule is C#C[C@]1(CC)O[C@@H](n2cnc3c(N)nc(F)nc32)C[C@@H]1O.C#C[C@]1(CC)O[C@@H](n2cnc3c(N)nc(F)nc32)C[C@@H]1OC(=O)OCc1oc(=O)oc1C.C#C[C@]1(CO)O[C@@H](n2cnc3c(N)nc(F)nc32)C[C@@H]1OC(=O)OCc1oc(=O)oc1C.Cc1oc(=O)oc1CO.O=C(O)C12CCC(CC1)CC2.O=POOO.O=POOOO.S. The van der Waals surface area contributed by atoms with E-state index < -0.39 is 138 Å². The number of carbonyl (C=O) groups is 3. The van der Waals surface area contributed by atoms with Crippen LogP contribution in [0.3, 0.4) is 0 Å². The molecule has 0 aromatic carbocycles. The van der Waals surface area contributed by atoms with Crippen molar-refractivity contribution < 1.29 is 152 Å². The maximum absolute atomic E-state index is 13.7. The fourth-order valence-electron chi connectivity index (χ4n) is 12.5. The molecule has 0 unspecified atom stereocenters. The quantitative estimate of drug-likeness (QED) is 0.00828. The molecule has 6 fully saturated rings. The standard InChI is InChI=1S/C19H18FN5O7.C18H16FN5O8.C13H14FN5O2.C9H14O2.C5H6O4.HO5P.HO4P.H2S/c1-4-19(5-2)11(31-17(26)28-7-10-9(3)29-18(27)30-10)6-12(32-19)25-8-22-13-14(21)23-16(20)24-15(13)25;1-3-18(6-25)10(31-16(26)28-5-9-8(2)29-17(27)30-9)4-11(32-18)24-7-21-12-13(20)22-15(19)23-14(12)24;1-3-13(4-2)7(20)5-8(21-13)19-6-16-9-10(15)17-12(14)18-11(9)19;10-8(11)9-4-1-7(2-5-9)3-6-9;1-3-4(2-6)9-5(7)8-3;1-3-4-5-6-2;1-3-4-5-2;/h1,8,11-12H,5-7H2,2-3H3,(H2,21,23,24);1,7,10-11,25H,4-6H2,2H3,(H2,20,22,23);1,6-8,20H,4-5H2,2H3,(H2,15,17,18);7H,1-6H2,(H,10,11);6H,2H2,1H3;1H;1H;1H2/t11-,12+,19+;10-,11+,18+;7-,8+,13+;;;;;/m000...../s1. The van der Waals surface area contributed by atoms with Gasteiger partial charge in [0.25, 0.3) is 0 Å². The van der Waals surface area contributed by atoms with E-state index in [1.54, 1.807) is 13.8 Å². The third-order valence-corrected chi connectivity index (χ3v) is 18.8. The van der Waals surface area contributed by atoms with Gasteiger partial charge in [0.2, 0.25) is 0 Å². The Hall–Kier alpha value is -11.4. The van der Waals surface area contributed by atoms with Gasteiger partial charge in [-0.3, -0.25) is 18.5 Å². The molecule has 3 aliphatic carbocycles. The average Bonchev–Trinajstić information content (AvgIpc) is 1.64. The number of nitrogens with zero attached hydrogens (tertiary/aromatic N) is 12. The Kier molecular flexibility index (Phi) is 32.8. The number of aryl methyl sites for hydroxylation is 3. The molecular weight excluding hydrogens is 1640 g/mol. The molecule has 12 N–H and O–H groups in total. The summed E-state index contributed by atoms with van der Waals surface area (Å²) in [7, 11) is -1.40. The molecule has 9 atom stereocenters. The molecule has 632 valence electrons. The monoisotopic (exact) mass is 1710 g/mol. The highest BCUT2D eigenvalue weighted by atomic mass is 32.1. The summed E-state index contributed by atoms with van der Waals surface area (Å²) in [4.78, 5) is 101. The zero-order chi connectivity index (χ0) is 85.0. The Bertz CT molecular complexity index is 5050. The summed E-state index contributed by atoms with van der Waals surface area (Å²) in [5.74, 6) is 5.57. The van der Waals surface area contributed by atoms with Gasteiger partial charge in [-0.05, 0) is 88.1 Å². The van der Waals surface area contributed by atoms with E-state index in [0.717, 1.165) is 44.4 Å². The Morgan fingerprint density at radius 3 is 1.22 bits per heavy atom. The molecule has 117 heavy (non-hydrogen) atoms. The number of nitrogens with two attached hydrogens (primary N) is 3. The molecule has 6 aliphatic rings. The van der Waals surface area contributed by atoms with Crippen LogP contribution in [0.15, 0.2) is 59.9 Å². The minimum absolute atomic E-state index is 0. The van der Waals surface area contributed by atoms with Gasteiger partial charge in [0, 0.05) is 19.3 Å². The first-order chi connectivity index (χ1) is 55.3. The molecule has 12 heterocycles. The van der Waals surface area contributed by atoms with Crippen LogP contribution >= 0.6 is 30.9 Å². The minimum Gasteiger partial charge on any atom is -0.481 e. The summed E-state index contributed by atoms with van der Waals surface area (Å²) in [6.07, 6.45) is 17.7. The molecule has 15 rings (SSSR count). The van der Waals surface area contributed by atoms with Crippen LogP contribution in [0.4, 0.5) is 40.2 Å².